The van der Waals surface area contributed by atoms with Crippen molar-refractivity contribution in [3.63, 3.8) is 0 Å². The van der Waals surface area contributed by atoms with E-state index in [0.717, 1.165) is 6.26 Å². The number of sulfonamides is 1. The molecule has 36 heavy (non-hydrogen) atoms. The van der Waals surface area contributed by atoms with E-state index in [1.807, 2.05) is 0 Å². The Morgan fingerprint density at radius 1 is 1.00 bits per heavy atom. The topological polar surface area (TPSA) is 130 Å². The first-order valence-corrected chi connectivity index (χ1v) is 12.0. The second-order valence-electron chi connectivity index (χ2n) is 7.32. The van der Waals surface area contributed by atoms with Gasteiger partial charge in [0.15, 0.2) is 29.5 Å². The van der Waals surface area contributed by atoms with Gasteiger partial charge in [0.1, 0.15) is 22.9 Å². The highest BCUT2D eigenvalue weighted by Gasteiger charge is 2.29. The van der Waals surface area contributed by atoms with Gasteiger partial charge >= 0.3 is 6.18 Å². The van der Waals surface area contributed by atoms with Gasteiger partial charge in [-0.3, -0.25) is 9.29 Å². The number of benzene rings is 1. The van der Waals surface area contributed by atoms with Crippen molar-refractivity contribution in [2.45, 2.75) is 6.18 Å². The van der Waals surface area contributed by atoms with Crippen molar-refractivity contribution in [3.8, 4) is 34.6 Å². The van der Waals surface area contributed by atoms with Gasteiger partial charge in [0.05, 0.1) is 26.7 Å². The molecule has 3 heterocycles. The molecular weight excluding hydrogens is 505 g/mol. The number of para-hydroxylation sites is 1. The number of hydrogen-bond donors (Lipinski definition) is 1. The molecule has 0 spiro atoms. The number of ether oxygens (including phenoxy) is 3. The third kappa shape index (κ3) is 5.40. The molecule has 0 aliphatic heterocycles. The molecule has 0 atom stereocenters. The number of rotatable bonds is 8. The van der Waals surface area contributed by atoms with Crippen LogP contribution in [0.2, 0.25) is 0 Å². The van der Waals surface area contributed by atoms with Gasteiger partial charge in [-0.05, 0) is 18.2 Å². The number of aromatic nitrogens is 5. The summed E-state index contributed by atoms with van der Waals surface area (Å²) >= 11 is 0. The molecule has 11 nitrogen and oxygen atoms in total. The SMILES string of the molecule is COc1cccc(OC)c1-n1c(-c2cccc(OCC(F)(F)F)n2)nc2ncc(NS(C)(=O)=O)nc21. The monoisotopic (exact) mass is 524 g/mol. The standard InChI is InChI=1S/C21H19F3N6O5S/c1-33-13-7-5-8-14(34-2)17(13)30-19(12-6-4-9-16(26-12)35-11-21(22,23)24)28-18-20(30)27-15(10-25-18)29-36(3,31)32/h4-10H,11H2,1-3H3,(H,27,29). The molecule has 0 aliphatic carbocycles. The number of anilines is 1. The predicted octanol–water partition coefficient (Wildman–Crippen LogP) is 3.21. The largest absolute Gasteiger partial charge is 0.494 e. The summed E-state index contributed by atoms with van der Waals surface area (Å²) in [5.74, 6) is 0.421. The number of methoxy groups -OCH3 is 2. The molecule has 4 rings (SSSR count). The van der Waals surface area contributed by atoms with Crippen LogP contribution in [0.5, 0.6) is 17.4 Å². The number of halogens is 3. The van der Waals surface area contributed by atoms with E-state index in [9.17, 15) is 21.6 Å². The Balaban J connectivity index is 1.98. The van der Waals surface area contributed by atoms with Gasteiger partial charge in [-0.25, -0.2) is 28.4 Å². The molecule has 0 saturated carbocycles. The number of hydrogen-bond acceptors (Lipinski definition) is 9. The Morgan fingerprint density at radius 3 is 2.28 bits per heavy atom. The number of imidazole rings is 1. The highest BCUT2D eigenvalue weighted by Crippen LogP contribution is 2.38. The average Bonchev–Trinajstić information content (AvgIpc) is 3.19. The summed E-state index contributed by atoms with van der Waals surface area (Å²) in [5, 5.41) is 0. The van der Waals surface area contributed by atoms with Crippen molar-refractivity contribution in [2.24, 2.45) is 0 Å². The molecule has 190 valence electrons. The second-order valence-corrected chi connectivity index (χ2v) is 9.07. The van der Waals surface area contributed by atoms with E-state index in [2.05, 4.69) is 24.7 Å². The third-order valence-corrected chi connectivity index (χ3v) is 5.20. The van der Waals surface area contributed by atoms with Crippen molar-refractivity contribution >= 4 is 27.1 Å². The van der Waals surface area contributed by atoms with Crippen LogP contribution in [0.4, 0.5) is 19.0 Å². The summed E-state index contributed by atoms with van der Waals surface area (Å²) in [5.41, 5.74) is 0.652. The molecule has 1 aromatic carbocycles. The van der Waals surface area contributed by atoms with Crippen molar-refractivity contribution in [3.05, 3.63) is 42.6 Å². The van der Waals surface area contributed by atoms with Crippen LogP contribution in [0.15, 0.2) is 42.6 Å². The third-order valence-electron chi connectivity index (χ3n) is 4.62. The predicted molar refractivity (Wildman–Crippen MR) is 123 cm³/mol. The van der Waals surface area contributed by atoms with Crippen LogP contribution in [0.3, 0.4) is 0 Å². The van der Waals surface area contributed by atoms with Gasteiger partial charge in [0.2, 0.25) is 15.9 Å². The summed E-state index contributed by atoms with van der Waals surface area (Å²) < 4.78 is 80.9. The van der Waals surface area contributed by atoms with Gasteiger partial charge < -0.3 is 14.2 Å². The van der Waals surface area contributed by atoms with E-state index in [1.165, 1.54) is 43.2 Å². The maximum Gasteiger partial charge on any atom is 0.422 e. The highest BCUT2D eigenvalue weighted by atomic mass is 32.2. The number of alkyl halides is 3. The molecule has 0 radical (unpaired) electrons. The molecule has 15 heteroatoms. The lowest BCUT2D eigenvalue weighted by Crippen LogP contribution is -2.19. The number of nitrogens with zero attached hydrogens (tertiary/aromatic N) is 5. The number of nitrogens with one attached hydrogen (secondary N) is 1. The Hall–Kier alpha value is -4.14. The van der Waals surface area contributed by atoms with Gasteiger partial charge in [-0.2, -0.15) is 13.2 Å². The molecule has 0 fully saturated rings. The highest BCUT2D eigenvalue weighted by molar-refractivity contribution is 7.92. The van der Waals surface area contributed by atoms with Crippen molar-refractivity contribution in [1.82, 2.24) is 24.5 Å². The van der Waals surface area contributed by atoms with E-state index < -0.39 is 22.8 Å². The van der Waals surface area contributed by atoms with Crippen molar-refractivity contribution in [1.29, 1.82) is 0 Å². The lowest BCUT2D eigenvalue weighted by molar-refractivity contribution is -0.154. The van der Waals surface area contributed by atoms with Crippen LogP contribution >= 0.6 is 0 Å². The maximum absolute atomic E-state index is 12.6. The first-order chi connectivity index (χ1) is 17.0. The molecule has 0 bridgehead atoms. The van der Waals surface area contributed by atoms with Crippen LogP contribution in [-0.4, -0.2) is 66.2 Å². The lowest BCUT2D eigenvalue weighted by atomic mass is 10.2. The molecule has 4 aromatic rings. The first-order valence-electron chi connectivity index (χ1n) is 10.1. The van der Waals surface area contributed by atoms with Gasteiger partial charge in [0, 0.05) is 6.07 Å². The summed E-state index contributed by atoms with van der Waals surface area (Å²) in [4.78, 5) is 17.2. The summed E-state index contributed by atoms with van der Waals surface area (Å²) in [7, 11) is -0.803. The molecule has 0 aliphatic rings. The minimum absolute atomic E-state index is 0.0817. The molecule has 3 aromatic heterocycles. The maximum atomic E-state index is 12.6. The van der Waals surface area contributed by atoms with Gasteiger partial charge in [-0.15, -0.1) is 0 Å². The second kappa shape index (κ2) is 9.49. The zero-order valence-corrected chi connectivity index (χ0v) is 19.9. The van der Waals surface area contributed by atoms with Gasteiger partial charge in [-0.1, -0.05) is 12.1 Å². The van der Waals surface area contributed by atoms with Crippen LogP contribution in [-0.2, 0) is 10.0 Å². The summed E-state index contributed by atoms with van der Waals surface area (Å²) in [6.07, 6.45) is -2.41. The summed E-state index contributed by atoms with van der Waals surface area (Å²) in [6, 6.07) is 9.22. The van der Waals surface area contributed by atoms with E-state index in [1.54, 1.807) is 18.2 Å². The Morgan fingerprint density at radius 2 is 1.67 bits per heavy atom. The minimum Gasteiger partial charge on any atom is -0.494 e. The molecule has 0 amide bonds. The number of pyridine rings is 1. The van der Waals surface area contributed by atoms with Gasteiger partial charge in [0.25, 0.3) is 0 Å². The van der Waals surface area contributed by atoms with E-state index in [0.29, 0.717) is 17.2 Å². The summed E-state index contributed by atoms with van der Waals surface area (Å²) in [6.45, 7) is -1.52. The van der Waals surface area contributed by atoms with Crippen molar-refractivity contribution in [2.75, 3.05) is 31.8 Å². The first kappa shape index (κ1) is 25.0. The van der Waals surface area contributed by atoms with Crippen LogP contribution in [0.25, 0.3) is 28.5 Å². The van der Waals surface area contributed by atoms with E-state index in [-0.39, 0.29) is 34.5 Å². The van der Waals surface area contributed by atoms with E-state index >= 15 is 0 Å². The van der Waals surface area contributed by atoms with Crippen molar-refractivity contribution < 1.29 is 35.8 Å². The normalized spacial score (nSPS) is 11.9. The Labute approximate surface area is 202 Å². The fraction of sp³-hybridized carbons (Fsp3) is 0.238. The molecular formula is C21H19F3N6O5S. The fourth-order valence-electron chi connectivity index (χ4n) is 3.30. The smallest absolute Gasteiger partial charge is 0.422 e. The fourth-order valence-corrected chi connectivity index (χ4v) is 3.78. The number of fused-ring (bicyclic) bond motifs is 1. The minimum atomic E-state index is -4.55. The lowest BCUT2D eigenvalue weighted by Gasteiger charge is -2.16. The molecule has 0 saturated heterocycles. The Kier molecular flexibility index (Phi) is 6.58. The van der Waals surface area contributed by atoms with Crippen LogP contribution in [0, 0.1) is 0 Å². The zero-order valence-electron chi connectivity index (χ0n) is 19.1. The van der Waals surface area contributed by atoms with Crippen LogP contribution in [0.1, 0.15) is 0 Å². The quantitative estimate of drug-likeness (QED) is 0.369. The molecule has 0 unspecified atom stereocenters. The Bertz CT molecular complexity index is 1500. The van der Waals surface area contributed by atoms with E-state index in [4.69, 9.17) is 14.2 Å². The average molecular weight is 524 g/mol. The zero-order chi connectivity index (χ0) is 26.1. The molecule has 1 N–H and O–H groups in total. The van der Waals surface area contributed by atoms with Crippen LogP contribution < -0.4 is 18.9 Å².